The van der Waals surface area contributed by atoms with E-state index in [0.717, 1.165) is 0 Å². The van der Waals surface area contributed by atoms with Crippen molar-refractivity contribution in [2.75, 3.05) is 0 Å². The molecule has 0 spiro atoms. The first kappa shape index (κ1) is 13.5. The van der Waals surface area contributed by atoms with Gasteiger partial charge in [0.1, 0.15) is 0 Å². The molecule has 0 aliphatic carbocycles. The lowest BCUT2D eigenvalue weighted by atomic mass is 9.87. The fourth-order valence-corrected chi connectivity index (χ4v) is 2.95. The van der Waals surface area contributed by atoms with E-state index in [-0.39, 0.29) is 17.9 Å². The maximum Gasteiger partial charge on any atom is 0.0299 e. The molecule has 0 saturated heterocycles. The lowest BCUT2D eigenvalue weighted by Gasteiger charge is -2.28. The summed E-state index contributed by atoms with van der Waals surface area (Å²) in [4.78, 5) is 0. The third-order valence-corrected chi connectivity index (χ3v) is 3.42. The van der Waals surface area contributed by atoms with Crippen LogP contribution in [0.5, 0.6) is 0 Å². The molecule has 1 aliphatic rings. The molecule has 1 N–H and O–H groups in total. The quantitative estimate of drug-likeness (QED) is 0.699. The van der Waals surface area contributed by atoms with Gasteiger partial charge in [-0.2, -0.15) is 0 Å². The Kier molecular flexibility index (Phi) is 4.03. The lowest BCUT2D eigenvalue weighted by Crippen LogP contribution is -3.00. The standard InChI is InChI=1S/C14H21N.ClH/c1-10-9-14(3,4)15-11(2)13-8-6-5-7-12(10)13;/h5-8,10-11,15H,9H2,1-4H3;1H/p-1. The van der Waals surface area contributed by atoms with Gasteiger partial charge in [0.2, 0.25) is 0 Å². The van der Waals surface area contributed by atoms with Crippen LogP contribution < -0.4 is 17.7 Å². The summed E-state index contributed by atoms with van der Waals surface area (Å²) in [5, 5.41) is 3.70. The van der Waals surface area contributed by atoms with Crippen LogP contribution in [-0.4, -0.2) is 5.54 Å². The van der Waals surface area contributed by atoms with E-state index >= 15 is 0 Å². The fraction of sp³-hybridized carbons (Fsp3) is 0.571. The molecule has 1 nitrogen and oxygen atoms in total. The van der Waals surface area contributed by atoms with E-state index in [1.165, 1.54) is 17.5 Å². The Hall–Kier alpha value is -0.530. The molecule has 1 aromatic carbocycles. The Morgan fingerprint density at radius 2 is 1.69 bits per heavy atom. The van der Waals surface area contributed by atoms with E-state index in [4.69, 9.17) is 0 Å². The van der Waals surface area contributed by atoms with Crippen LogP contribution in [0.15, 0.2) is 24.3 Å². The van der Waals surface area contributed by atoms with Gasteiger partial charge in [0.25, 0.3) is 0 Å². The molecule has 2 atom stereocenters. The molecule has 0 bridgehead atoms. The monoisotopic (exact) mass is 238 g/mol. The van der Waals surface area contributed by atoms with Crippen molar-refractivity contribution in [2.45, 2.75) is 51.6 Å². The van der Waals surface area contributed by atoms with E-state index in [1.807, 2.05) is 0 Å². The lowest BCUT2D eigenvalue weighted by molar-refractivity contribution is -0.00000418. The number of hydrogen-bond donors (Lipinski definition) is 1. The second-order valence-corrected chi connectivity index (χ2v) is 5.48. The number of rotatable bonds is 0. The summed E-state index contributed by atoms with van der Waals surface area (Å²) >= 11 is 0. The number of fused-ring (bicyclic) bond motifs is 1. The Morgan fingerprint density at radius 3 is 2.31 bits per heavy atom. The zero-order chi connectivity index (χ0) is 11.1. The predicted molar refractivity (Wildman–Crippen MR) is 65.1 cm³/mol. The zero-order valence-electron chi connectivity index (χ0n) is 10.5. The van der Waals surface area contributed by atoms with Crippen LogP contribution in [0, 0.1) is 0 Å². The summed E-state index contributed by atoms with van der Waals surface area (Å²) in [6.45, 7) is 9.19. The molecule has 1 heterocycles. The van der Waals surface area contributed by atoms with E-state index < -0.39 is 0 Å². The van der Waals surface area contributed by atoms with Gasteiger partial charge in [-0.05, 0) is 44.2 Å². The van der Waals surface area contributed by atoms with Crippen LogP contribution in [0.1, 0.15) is 57.2 Å². The highest BCUT2D eigenvalue weighted by atomic mass is 35.5. The van der Waals surface area contributed by atoms with Gasteiger partial charge in [0, 0.05) is 11.6 Å². The Bertz CT molecular complexity index is 327. The van der Waals surface area contributed by atoms with Crippen LogP contribution in [0.3, 0.4) is 0 Å². The highest BCUT2D eigenvalue weighted by molar-refractivity contribution is 5.34. The van der Waals surface area contributed by atoms with Gasteiger partial charge in [-0.15, -0.1) is 0 Å². The minimum absolute atomic E-state index is 0. The van der Waals surface area contributed by atoms with Gasteiger partial charge in [-0.3, -0.25) is 0 Å². The molecule has 2 rings (SSSR count). The van der Waals surface area contributed by atoms with Crippen LogP contribution in [0.25, 0.3) is 0 Å². The van der Waals surface area contributed by atoms with Gasteiger partial charge in [0.15, 0.2) is 0 Å². The molecule has 2 unspecified atom stereocenters. The van der Waals surface area contributed by atoms with Crippen molar-refractivity contribution < 1.29 is 12.4 Å². The van der Waals surface area contributed by atoms with Crippen molar-refractivity contribution in [3.05, 3.63) is 35.4 Å². The number of halogens is 1. The van der Waals surface area contributed by atoms with Crippen molar-refractivity contribution in [3.8, 4) is 0 Å². The molecule has 90 valence electrons. The molecule has 0 aromatic heterocycles. The molecular weight excluding hydrogens is 218 g/mol. The minimum atomic E-state index is 0. The first-order valence-electron chi connectivity index (χ1n) is 5.86. The summed E-state index contributed by atoms with van der Waals surface area (Å²) in [6.07, 6.45) is 1.20. The van der Waals surface area contributed by atoms with Crippen LogP contribution >= 0.6 is 0 Å². The van der Waals surface area contributed by atoms with Crippen molar-refractivity contribution in [3.63, 3.8) is 0 Å². The number of hydrogen-bond acceptors (Lipinski definition) is 1. The fourth-order valence-electron chi connectivity index (χ4n) is 2.95. The molecule has 0 fully saturated rings. The Balaban J connectivity index is 0.00000128. The highest BCUT2D eigenvalue weighted by Crippen LogP contribution is 2.35. The SMILES string of the molecule is CC1CC(C)(C)NC(C)c2ccccc21.[Cl-]. The number of nitrogens with one attached hydrogen (secondary N) is 1. The summed E-state index contributed by atoms with van der Waals surface area (Å²) in [5.41, 5.74) is 3.22. The van der Waals surface area contributed by atoms with Gasteiger partial charge in [-0.25, -0.2) is 0 Å². The largest absolute Gasteiger partial charge is 1.00 e. The van der Waals surface area contributed by atoms with Crippen LogP contribution in [-0.2, 0) is 0 Å². The van der Waals surface area contributed by atoms with Crippen molar-refractivity contribution in [1.29, 1.82) is 0 Å². The molecule has 0 radical (unpaired) electrons. The second kappa shape index (κ2) is 4.77. The molecular formula is C14H21ClN-. The van der Waals surface area contributed by atoms with Gasteiger partial charge >= 0.3 is 0 Å². The van der Waals surface area contributed by atoms with E-state index in [1.54, 1.807) is 0 Å². The normalized spacial score (nSPS) is 27.5. The molecule has 2 heteroatoms. The molecule has 1 aliphatic heterocycles. The average molecular weight is 239 g/mol. The van der Waals surface area contributed by atoms with Crippen molar-refractivity contribution in [2.24, 2.45) is 0 Å². The first-order chi connectivity index (χ1) is 6.99. The summed E-state index contributed by atoms with van der Waals surface area (Å²) in [5.74, 6) is 0.647. The van der Waals surface area contributed by atoms with E-state index in [9.17, 15) is 0 Å². The summed E-state index contributed by atoms with van der Waals surface area (Å²) in [6, 6.07) is 9.29. The van der Waals surface area contributed by atoms with Crippen LogP contribution in [0.2, 0.25) is 0 Å². The van der Waals surface area contributed by atoms with Crippen LogP contribution in [0.4, 0.5) is 0 Å². The molecule has 0 amide bonds. The third-order valence-electron chi connectivity index (χ3n) is 3.42. The third kappa shape index (κ3) is 2.58. The zero-order valence-corrected chi connectivity index (χ0v) is 11.3. The Morgan fingerprint density at radius 1 is 1.12 bits per heavy atom. The molecule has 0 saturated carbocycles. The summed E-state index contributed by atoms with van der Waals surface area (Å²) < 4.78 is 0. The van der Waals surface area contributed by atoms with Gasteiger partial charge in [0.05, 0.1) is 0 Å². The maximum absolute atomic E-state index is 3.70. The van der Waals surface area contributed by atoms with Crippen molar-refractivity contribution in [1.82, 2.24) is 5.32 Å². The Labute approximate surface area is 105 Å². The predicted octanol–water partition coefficient (Wildman–Crippen LogP) is 0.627. The van der Waals surface area contributed by atoms with Crippen molar-refractivity contribution >= 4 is 0 Å². The first-order valence-corrected chi connectivity index (χ1v) is 5.86. The smallest absolute Gasteiger partial charge is 0.0299 e. The average Bonchev–Trinajstić information content (AvgIpc) is 2.23. The van der Waals surface area contributed by atoms with E-state index in [2.05, 4.69) is 57.3 Å². The van der Waals surface area contributed by atoms with E-state index in [0.29, 0.717) is 12.0 Å². The number of benzene rings is 1. The second-order valence-electron chi connectivity index (χ2n) is 5.48. The van der Waals surface area contributed by atoms with Gasteiger partial charge in [-0.1, -0.05) is 31.2 Å². The summed E-state index contributed by atoms with van der Waals surface area (Å²) in [7, 11) is 0. The topological polar surface area (TPSA) is 12.0 Å². The maximum atomic E-state index is 3.70. The van der Waals surface area contributed by atoms with Gasteiger partial charge < -0.3 is 17.7 Å². The molecule has 16 heavy (non-hydrogen) atoms. The molecule has 1 aromatic rings. The highest BCUT2D eigenvalue weighted by Gasteiger charge is 2.29. The minimum Gasteiger partial charge on any atom is -1.00 e.